The van der Waals surface area contributed by atoms with E-state index in [9.17, 15) is 0 Å². The van der Waals surface area contributed by atoms with Crippen molar-refractivity contribution in [3.05, 3.63) is 42.6 Å². The molecule has 0 N–H and O–H groups in total. The van der Waals surface area contributed by atoms with Gasteiger partial charge in [-0.25, -0.2) is 0 Å². The predicted octanol–water partition coefficient (Wildman–Crippen LogP) is 3.89. The van der Waals surface area contributed by atoms with Gasteiger partial charge in [0.1, 0.15) is 0 Å². The Morgan fingerprint density at radius 3 is 1.75 bits per heavy atom. The summed E-state index contributed by atoms with van der Waals surface area (Å²) in [5.41, 5.74) is 0. The van der Waals surface area contributed by atoms with Gasteiger partial charge in [-0.1, -0.05) is 0 Å². The maximum atomic E-state index is 2.43. The van der Waals surface area contributed by atoms with Gasteiger partial charge in [-0.3, -0.25) is 0 Å². The van der Waals surface area contributed by atoms with Crippen molar-refractivity contribution in [2.45, 2.75) is 13.8 Å². The molecule has 0 spiro atoms. The first-order valence-corrected chi connectivity index (χ1v) is 16.0. The first-order valence-electron chi connectivity index (χ1n) is 5.66. The molecule has 0 radical (unpaired) electrons. The molecule has 0 nitrogen and oxygen atoms in total. The van der Waals surface area contributed by atoms with Gasteiger partial charge in [0, 0.05) is 0 Å². The maximum absolute atomic E-state index is 2.43. The van der Waals surface area contributed by atoms with Crippen molar-refractivity contribution < 1.29 is 0 Å². The van der Waals surface area contributed by atoms with Gasteiger partial charge in [-0.15, -0.1) is 0 Å². The van der Waals surface area contributed by atoms with Crippen molar-refractivity contribution in [1.82, 2.24) is 0 Å². The van der Waals surface area contributed by atoms with Crippen LogP contribution < -0.4 is 0 Å². The molecule has 0 aromatic carbocycles. The topological polar surface area (TPSA) is 0 Å². The second-order valence-corrected chi connectivity index (χ2v) is 20.9. The summed E-state index contributed by atoms with van der Waals surface area (Å²) in [7, 11) is 0. The Morgan fingerprint density at radius 1 is 0.700 bits per heavy atom. The zero-order valence-corrected chi connectivity index (χ0v) is 20.5. The normalized spacial score (nSPS) is 25.9. The Morgan fingerprint density at radius 2 is 1.20 bits per heavy atom. The third-order valence-electron chi connectivity index (χ3n) is 2.63. The van der Waals surface area contributed by atoms with E-state index in [1.165, 1.54) is 9.81 Å². The summed E-state index contributed by atoms with van der Waals surface area (Å²) in [6.07, 6.45) is 0. The van der Waals surface area contributed by atoms with E-state index in [1.54, 1.807) is 16.1 Å². The molecule has 4 rings (SSSR count). The summed E-state index contributed by atoms with van der Waals surface area (Å²) in [4.78, 5) is 7.85. The average Bonchev–Trinajstić information content (AvgIpc) is 3.12. The average molecular weight is 596 g/mol. The molecule has 104 valence electrons. The second kappa shape index (κ2) is 6.59. The van der Waals surface area contributed by atoms with E-state index in [2.05, 4.69) is 47.3 Å². The number of allylic oxidation sites excluding steroid dienone is 2. The summed E-state index contributed by atoms with van der Waals surface area (Å²) in [6.45, 7) is 4.50. The molecule has 4 aliphatic rings. The quantitative estimate of drug-likeness (QED) is 0.390. The fourth-order valence-corrected chi connectivity index (χ4v) is 24.7. The van der Waals surface area contributed by atoms with Crippen LogP contribution in [0.25, 0.3) is 0 Å². The minimum atomic E-state index is 0.672. The van der Waals surface area contributed by atoms with Crippen LogP contribution in [0.5, 0.6) is 0 Å². The van der Waals surface area contributed by atoms with Gasteiger partial charge in [-0.2, -0.15) is 0 Å². The Labute approximate surface area is 161 Å². The fourth-order valence-electron chi connectivity index (χ4n) is 1.58. The van der Waals surface area contributed by atoms with E-state index >= 15 is 0 Å². The molecule has 0 saturated carbocycles. The third kappa shape index (κ3) is 3.07. The molecular formula is C12H8S4Se4. The Bertz CT molecular complexity index is 608. The SMILES string of the molecule is CC1=C(C)SC(=C2SC3=C(S2)[Se]C(=C2[Se]C=C[Se]2)[Se]3)S1. The monoisotopic (exact) mass is 600 g/mol. The van der Waals surface area contributed by atoms with Gasteiger partial charge in [0.05, 0.1) is 0 Å². The summed E-state index contributed by atoms with van der Waals surface area (Å²) >= 11 is 10.9. The van der Waals surface area contributed by atoms with Crippen molar-refractivity contribution in [2.75, 3.05) is 0 Å². The molecule has 0 aliphatic carbocycles. The predicted molar refractivity (Wildman–Crippen MR) is 102 cm³/mol. The molecule has 0 saturated heterocycles. The van der Waals surface area contributed by atoms with E-state index in [0.29, 0.717) is 59.8 Å². The molecule has 0 unspecified atom stereocenters. The molecule has 4 aliphatic heterocycles. The van der Waals surface area contributed by atoms with E-state index in [4.69, 9.17) is 0 Å². The Kier molecular flexibility index (Phi) is 5.17. The molecule has 8 heteroatoms. The van der Waals surface area contributed by atoms with E-state index < -0.39 is 0 Å². The summed E-state index contributed by atoms with van der Waals surface area (Å²) < 4.78 is 10.4. The van der Waals surface area contributed by atoms with Crippen LogP contribution in [0.1, 0.15) is 13.8 Å². The molecule has 0 aromatic heterocycles. The first-order chi connectivity index (χ1) is 9.70. The van der Waals surface area contributed by atoms with Crippen molar-refractivity contribution in [3.8, 4) is 0 Å². The van der Waals surface area contributed by atoms with Gasteiger partial charge in [0.2, 0.25) is 0 Å². The van der Waals surface area contributed by atoms with Crippen LogP contribution in [0, 0.1) is 0 Å². The van der Waals surface area contributed by atoms with Gasteiger partial charge in [0.15, 0.2) is 0 Å². The van der Waals surface area contributed by atoms with Gasteiger partial charge in [0.25, 0.3) is 0 Å². The second-order valence-electron chi connectivity index (χ2n) is 3.96. The standard InChI is InChI=1S/C12H8S4Se4/c1-5-6(2)14-7(13-5)8-15-9-10(16-8)20-12(19-9)11-17-3-4-18-11/h3-4H,1-2H3. The minimum absolute atomic E-state index is 0.672. The van der Waals surface area contributed by atoms with Gasteiger partial charge >= 0.3 is 163 Å². The molecular weight excluding hydrogens is 588 g/mol. The van der Waals surface area contributed by atoms with Crippen LogP contribution in [-0.4, -0.2) is 59.8 Å². The fraction of sp³-hybridized carbons (Fsp3) is 0.167. The zero-order chi connectivity index (χ0) is 13.7. The molecule has 4 heterocycles. The Hall–Kier alpha value is 2.18. The van der Waals surface area contributed by atoms with Gasteiger partial charge < -0.3 is 0 Å². The van der Waals surface area contributed by atoms with E-state index in [-0.39, 0.29) is 0 Å². The molecule has 0 atom stereocenters. The molecule has 0 bridgehead atoms. The summed E-state index contributed by atoms with van der Waals surface area (Å²) in [6, 6.07) is 0. The number of hydrogen-bond donors (Lipinski definition) is 0. The molecule has 0 aromatic rings. The van der Waals surface area contributed by atoms with Crippen molar-refractivity contribution in [1.29, 1.82) is 0 Å². The van der Waals surface area contributed by atoms with Crippen LogP contribution in [0.2, 0.25) is 0 Å². The third-order valence-corrected chi connectivity index (χ3v) is 24.7. The Balaban J connectivity index is 1.49. The van der Waals surface area contributed by atoms with Crippen molar-refractivity contribution in [2.24, 2.45) is 0 Å². The molecule has 20 heavy (non-hydrogen) atoms. The molecule has 0 fully saturated rings. The summed E-state index contributed by atoms with van der Waals surface area (Å²) in [5, 5.41) is 0. The first kappa shape index (κ1) is 15.7. The van der Waals surface area contributed by atoms with Crippen molar-refractivity contribution >= 4 is 107 Å². The number of thioether (sulfide) groups is 4. The zero-order valence-electron chi connectivity index (χ0n) is 10.4. The van der Waals surface area contributed by atoms with Crippen molar-refractivity contribution in [3.63, 3.8) is 0 Å². The number of rotatable bonds is 0. The molecule has 0 amide bonds. The van der Waals surface area contributed by atoms with Crippen LogP contribution in [0.15, 0.2) is 42.6 Å². The van der Waals surface area contributed by atoms with Crippen LogP contribution in [-0.2, 0) is 0 Å². The number of hydrogen-bond acceptors (Lipinski definition) is 4. The van der Waals surface area contributed by atoms with E-state index in [0.717, 1.165) is 0 Å². The van der Waals surface area contributed by atoms with Crippen LogP contribution >= 0.6 is 47.0 Å². The van der Waals surface area contributed by atoms with Crippen LogP contribution in [0.4, 0.5) is 0 Å². The summed E-state index contributed by atoms with van der Waals surface area (Å²) in [5.74, 6) is 0. The van der Waals surface area contributed by atoms with E-state index in [1.807, 2.05) is 30.3 Å². The van der Waals surface area contributed by atoms with Crippen LogP contribution in [0.3, 0.4) is 0 Å². The van der Waals surface area contributed by atoms with Gasteiger partial charge in [-0.05, 0) is 0 Å².